The van der Waals surface area contributed by atoms with Crippen molar-refractivity contribution < 1.29 is 47.7 Å². The Morgan fingerprint density at radius 3 is 1.72 bits per heavy atom. The molecule has 11 nitrogen and oxygen atoms in total. The highest BCUT2D eigenvalue weighted by molar-refractivity contribution is 7.47. The number of rotatable bonds is 40. The van der Waals surface area contributed by atoms with Crippen molar-refractivity contribution in [1.82, 2.24) is 0 Å². The fourth-order valence-electron chi connectivity index (χ4n) is 5.85. The zero-order chi connectivity index (χ0) is 39.1. The van der Waals surface area contributed by atoms with Crippen LogP contribution in [0.15, 0.2) is 24.3 Å². The van der Waals surface area contributed by atoms with Crippen molar-refractivity contribution in [1.29, 1.82) is 0 Å². The first-order valence-electron chi connectivity index (χ1n) is 21.1. The van der Waals surface area contributed by atoms with Gasteiger partial charge in [0.25, 0.3) is 0 Å². The zero-order valence-electron chi connectivity index (χ0n) is 33.6. The molecular formula is C41H78NO10P. The van der Waals surface area contributed by atoms with E-state index in [1.165, 1.54) is 77.0 Å². The summed E-state index contributed by atoms with van der Waals surface area (Å²) in [6.45, 7) is 3.55. The van der Waals surface area contributed by atoms with Crippen LogP contribution in [-0.2, 0) is 37.6 Å². The van der Waals surface area contributed by atoms with Gasteiger partial charge in [-0.2, -0.15) is 0 Å². The topological polar surface area (TPSA) is 164 Å². The van der Waals surface area contributed by atoms with E-state index in [1.54, 1.807) is 0 Å². The van der Waals surface area contributed by atoms with Crippen LogP contribution in [0, 0.1) is 0 Å². The molecule has 0 aromatic heterocycles. The average Bonchev–Trinajstić information content (AvgIpc) is 3.14. The maximum absolute atomic E-state index is 12.6. The molecule has 0 aliphatic rings. The molecule has 0 radical (unpaired) electrons. The summed E-state index contributed by atoms with van der Waals surface area (Å²) in [5.74, 6) is -0.883. The molecule has 0 aliphatic carbocycles. The molecule has 0 spiro atoms. The van der Waals surface area contributed by atoms with E-state index >= 15 is 0 Å². The summed E-state index contributed by atoms with van der Waals surface area (Å²) in [7, 11) is -4.39. The van der Waals surface area contributed by atoms with Gasteiger partial charge in [-0.05, 0) is 32.1 Å². The third-order valence-corrected chi connectivity index (χ3v) is 10.0. The minimum Gasteiger partial charge on any atom is -0.462 e. The van der Waals surface area contributed by atoms with Gasteiger partial charge in [-0.1, -0.05) is 167 Å². The maximum atomic E-state index is 12.6. The third-order valence-electron chi connectivity index (χ3n) is 9.06. The number of phosphoric acid groups is 1. The molecule has 0 fully saturated rings. The summed E-state index contributed by atoms with van der Waals surface area (Å²) < 4.78 is 32.7. The second-order valence-electron chi connectivity index (χ2n) is 14.1. The van der Waals surface area contributed by atoms with E-state index in [1.807, 2.05) is 18.2 Å². The fourth-order valence-corrected chi connectivity index (χ4v) is 6.61. The van der Waals surface area contributed by atoms with Crippen molar-refractivity contribution in [3.05, 3.63) is 24.3 Å². The van der Waals surface area contributed by atoms with E-state index in [9.17, 15) is 19.0 Å². The Hall–Kier alpha value is -1.59. The van der Waals surface area contributed by atoms with Crippen LogP contribution in [0.25, 0.3) is 0 Å². The molecule has 312 valence electrons. The number of hydrogen-bond acceptors (Lipinski definition) is 10. The van der Waals surface area contributed by atoms with Gasteiger partial charge >= 0.3 is 19.8 Å². The quantitative estimate of drug-likeness (QED) is 0.0135. The zero-order valence-corrected chi connectivity index (χ0v) is 34.5. The van der Waals surface area contributed by atoms with E-state index in [0.717, 1.165) is 77.0 Å². The molecule has 53 heavy (non-hydrogen) atoms. The predicted molar refractivity (Wildman–Crippen MR) is 213 cm³/mol. The van der Waals surface area contributed by atoms with Crippen molar-refractivity contribution in [3.63, 3.8) is 0 Å². The highest BCUT2D eigenvalue weighted by atomic mass is 31.2. The molecule has 0 saturated carbocycles. The van der Waals surface area contributed by atoms with Gasteiger partial charge in [0.05, 0.1) is 13.2 Å². The largest absolute Gasteiger partial charge is 0.472 e. The lowest BCUT2D eigenvalue weighted by Crippen LogP contribution is -2.29. The highest BCUT2D eigenvalue weighted by Gasteiger charge is 2.26. The molecule has 3 atom stereocenters. The van der Waals surface area contributed by atoms with Gasteiger partial charge in [0.1, 0.15) is 12.7 Å². The highest BCUT2D eigenvalue weighted by Crippen LogP contribution is 2.43. The first-order chi connectivity index (χ1) is 25.8. The van der Waals surface area contributed by atoms with E-state index in [4.69, 9.17) is 29.5 Å². The summed E-state index contributed by atoms with van der Waals surface area (Å²) in [5.41, 5.74) is 5.34. The summed E-state index contributed by atoms with van der Waals surface area (Å²) in [6.07, 6.45) is 35.2. The lowest BCUT2D eigenvalue weighted by atomic mass is 10.0. The molecule has 0 aromatic carbocycles. The van der Waals surface area contributed by atoms with E-state index in [0.29, 0.717) is 6.42 Å². The molecule has 0 amide bonds. The lowest BCUT2D eigenvalue weighted by molar-refractivity contribution is -0.267. The van der Waals surface area contributed by atoms with Gasteiger partial charge in [-0.25, -0.2) is 9.45 Å². The predicted octanol–water partition coefficient (Wildman–Crippen LogP) is 11.1. The molecular weight excluding hydrogens is 697 g/mol. The number of hydrogen-bond donors (Lipinski definition) is 3. The first kappa shape index (κ1) is 51.4. The number of unbranched alkanes of at least 4 members (excludes halogenated alkanes) is 21. The fraction of sp³-hybridized carbons (Fsp3) is 0.854. The second-order valence-corrected chi connectivity index (χ2v) is 15.6. The van der Waals surface area contributed by atoms with Gasteiger partial charge < -0.3 is 20.1 Å². The standard InChI is InChI=1S/C41H78NO10P/c1-3-5-7-8-9-10-11-12-13-14-15-18-21-24-28-32-40(43)48-36-39(37-50-53(46,47)49-35-34-42)51-41(44)33-29-25-22-19-16-17-20-23-27-31-38(52-45)30-26-6-4-2/h20,23,27,31,38-39,45H,3-19,21-22,24-26,28-30,32-37,42H2,1-2H3,(H,46,47)/b23-20-,31-27+/t38-,39+/m0/s1. The molecule has 0 bridgehead atoms. The minimum atomic E-state index is -4.39. The van der Waals surface area contributed by atoms with Gasteiger partial charge in [-0.3, -0.25) is 23.9 Å². The molecule has 0 heterocycles. The number of ether oxygens (including phenoxy) is 2. The number of esters is 2. The molecule has 1 unspecified atom stereocenters. The average molecular weight is 776 g/mol. The molecule has 0 saturated heterocycles. The van der Waals surface area contributed by atoms with Gasteiger partial charge in [-0.15, -0.1) is 0 Å². The number of nitrogens with two attached hydrogens (primary N) is 1. The Balaban J connectivity index is 4.26. The van der Waals surface area contributed by atoms with Crippen LogP contribution in [0.5, 0.6) is 0 Å². The van der Waals surface area contributed by atoms with Crippen LogP contribution >= 0.6 is 7.82 Å². The summed E-state index contributed by atoms with van der Waals surface area (Å²) in [4.78, 5) is 39.3. The Labute approximate surface area is 322 Å². The summed E-state index contributed by atoms with van der Waals surface area (Å²) >= 11 is 0. The maximum Gasteiger partial charge on any atom is 0.472 e. The van der Waals surface area contributed by atoms with E-state index in [2.05, 4.69) is 24.8 Å². The van der Waals surface area contributed by atoms with Crippen molar-refractivity contribution in [2.45, 2.75) is 199 Å². The van der Waals surface area contributed by atoms with Gasteiger partial charge in [0.2, 0.25) is 0 Å². The Morgan fingerprint density at radius 2 is 1.17 bits per heavy atom. The minimum absolute atomic E-state index is 0.0399. The molecule has 4 N–H and O–H groups in total. The van der Waals surface area contributed by atoms with Crippen molar-refractivity contribution >= 4 is 19.8 Å². The normalized spacial score (nSPS) is 14.1. The second kappa shape index (κ2) is 38.7. The van der Waals surface area contributed by atoms with Crippen molar-refractivity contribution in [2.75, 3.05) is 26.4 Å². The van der Waals surface area contributed by atoms with E-state index in [-0.39, 0.29) is 38.7 Å². The van der Waals surface area contributed by atoms with Gasteiger partial charge in [0, 0.05) is 19.4 Å². The molecule has 0 aliphatic heterocycles. The number of carbonyl (C=O) groups excluding carboxylic acids is 2. The number of carbonyl (C=O) groups is 2. The molecule has 0 aromatic rings. The van der Waals surface area contributed by atoms with Crippen LogP contribution in [-0.4, -0.2) is 60.7 Å². The van der Waals surface area contributed by atoms with Crippen molar-refractivity contribution in [2.24, 2.45) is 5.73 Å². The SMILES string of the molecule is CCCCCCCCCCCCCCCCCC(=O)OC[C@H](COP(=O)(O)OCCN)OC(=O)CCCCCCC/C=C\C=C\[C@H](CCCCC)OO. The number of allylic oxidation sites excluding steroid dienone is 3. The van der Waals surface area contributed by atoms with Crippen LogP contribution in [0.1, 0.15) is 187 Å². The van der Waals surface area contributed by atoms with Crippen LogP contribution in [0.3, 0.4) is 0 Å². The summed E-state index contributed by atoms with van der Waals surface area (Å²) in [5, 5.41) is 9.00. The monoisotopic (exact) mass is 776 g/mol. The van der Waals surface area contributed by atoms with E-state index < -0.39 is 32.5 Å². The van der Waals surface area contributed by atoms with Crippen LogP contribution < -0.4 is 5.73 Å². The Bertz CT molecular complexity index is 948. The van der Waals surface area contributed by atoms with Gasteiger partial charge in [0.15, 0.2) is 6.10 Å². The molecule has 12 heteroatoms. The number of phosphoric ester groups is 1. The molecule has 0 rings (SSSR count). The third kappa shape index (κ3) is 37.1. The van der Waals surface area contributed by atoms with Crippen molar-refractivity contribution in [3.8, 4) is 0 Å². The summed E-state index contributed by atoms with van der Waals surface area (Å²) in [6, 6.07) is 0. The smallest absolute Gasteiger partial charge is 0.462 e. The lowest BCUT2D eigenvalue weighted by Gasteiger charge is -2.19. The Kier molecular flexibility index (Phi) is 37.5. The Morgan fingerprint density at radius 1 is 0.660 bits per heavy atom. The van der Waals surface area contributed by atoms with Crippen LogP contribution in [0.4, 0.5) is 0 Å². The first-order valence-corrected chi connectivity index (χ1v) is 22.6. The van der Waals surface area contributed by atoms with Crippen LogP contribution in [0.2, 0.25) is 0 Å².